The molecule has 1 aromatic heterocycles. The number of methoxy groups -OCH3 is 2. The van der Waals surface area contributed by atoms with Gasteiger partial charge in [0, 0.05) is 22.6 Å². The number of nitrogens with zero attached hydrogens (tertiary/aromatic N) is 1. The molecule has 0 spiro atoms. The van der Waals surface area contributed by atoms with Gasteiger partial charge in [-0.15, -0.1) is 11.3 Å². The monoisotopic (exact) mass is 424 g/mol. The first-order valence-corrected chi connectivity index (χ1v) is 10.4. The zero-order chi connectivity index (χ0) is 21.3. The van der Waals surface area contributed by atoms with Crippen LogP contribution in [0.5, 0.6) is 17.2 Å². The zero-order valence-corrected chi connectivity index (χ0v) is 18.0. The maximum Gasteiger partial charge on any atom is 0.250 e. The van der Waals surface area contributed by atoms with Crippen LogP contribution >= 0.6 is 11.3 Å². The molecule has 1 heterocycles. The van der Waals surface area contributed by atoms with Crippen molar-refractivity contribution >= 4 is 28.5 Å². The van der Waals surface area contributed by atoms with Crippen LogP contribution in [0.25, 0.3) is 17.3 Å². The van der Waals surface area contributed by atoms with Gasteiger partial charge < -0.3 is 14.2 Å². The number of hydrogen-bond donors (Lipinski definition) is 1. The van der Waals surface area contributed by atoms with Crippen LogP contribution in [0, 0.1) is 0 Å². The van der Waals surface area contributed by atoms with E-state index in [1.165, 1.54) is 17.4 Å². The van der Waals surface area contributed by atoms with Crippen LogP contribution in [-0.2, 0) is 4.79 Å². The molecular formula is C23H24N2O4S. The number of carbonyl (C=O) groups excluding carboxylic acids is 1. The Bertz CT molecular complexity index is 1030. The summed E-state index contributed by atoms with van der Waals surface area (Å²) in [6.07, 6.45) is 4.13. The smallest absolute Gasteiger partial charge is 0.250 e. The Kier molecular flexibility index (Phi) is 7.45. The van der Waals surface area contributed by atoms with E-state index in [0.717, 1.165) is 23.3 Å². The number of hydrogen-bond acceptors (Lipinski definition) is 6. The first-order valence-electron chi connectivity index (χ1n) is 9.53. The molecule has 6 nitrogen and oxygen atoms in total. The third-order valence-electron chi connectivity index (χ3n) is 4.21. The molecule has 0 radical (unpaired) electrons. The lowest BCUT2D eigenvalue weighted by atomic mass is 10.1. The molecule has 1 amide bonds. The van der Waals surface area contributed by atoms with E-state index >= 15 is 0 Å². The summed E-state index contributed by atoms with van der Waals surface area (Å²) < 4.78 is 16.4. The number of thiazole rings is 1. The minimum absolute atomic E-state index is 0.265. The Hall–Kier alpha value is -3.32. The Morgan fingerprint density at radius 1 is 1.13 bits per heavy atom. The van der Waals surface area contributed by atoms with Crippen LogP contribution in [0.3, 0.4) is 0 Å². The SMILES string of the molecule is CCCOc1ccccc1/C=C/C(=O)Nc1nc(-c2cc(OC)ccc2OC)cs1. The van der Waals surface area contributed by atoms with Crippen LogP contribution in [0.1, 0.15) is 18.9 Å². The highest BCUT2D eigenvalue weighted by Gasteiger charge is 2.12. The highest BCUT2D eigenvalue weighted by atomic mass is 32.1. The molecule has 0 fully saturated rings. The predicted octanol–water partition coefficient (Wildman–Crippen LogP) is 5.27. The molecule has 0 bridgehead atoms. The van der Waals surface area contributed by atoms with Crippen molar-refractivity contribution in [1.29, 1.82) is 0 Å². The van der Waals surface area contributed by atoms with Gasteiger partial charge in [0.25, 0.3) is 0 Å². The van der Waals surface area contributed by atoms with E-state index in [9.17, 15) is 4.79 Å². The zero-order valence-electron chi connectivity index (χ0n) is 17.2. The number of aromatic nitrogens is 1. The fourth-order valence-electron chi connectivity index (χ4n) is 2.74. The molecule has 30 heavy (non-hydrogen) atoms. The normalized spacial score (nSPS) is 10.8. The van der Waals surface area contributed by atoms with Gasteiger partial charge in [-0.1, -0.05) is 25.1 Å². The molecule has 2 aromatic carbocycles. The summed E-state index contributed by atoms with van der Waals surface area (Å²) in [4.78, 5) is 16.9. The molecule has 0 aliphatic rings. The number of nitrogens with one attached hydrogen (secondary N) is 1. The van der Waals surface area contributed by atoms with Crippen molar-refractivity contribution in [2.75, 3.05) is 26.1 Å². The second-order valence-electron chi connectivity index (χ2n) is 6.31. The van der Waals surface area contributed by atoms with Gasteiger partial charge in [0.2, 0.25) is 5.91 Å². The van der Waals surface area contributed by atoms with E-state index in [4.69, 9.17) is 14.2 Å². The van der Waals surface area contributed by atoms with E-state index in [1.54, 1.807) is 20.3 Å². The lowest BCUT2D eigenvalue weighted by molar-refractivity contribution is -0.111. The van der Waals surface area contributed by atoms with Crippen molar-refractivity contribution in [2.24, 2.45) is 0 Å². The molecule has 3 rings (SSSR count). The van der Waals surface area contributed by atoms with Crippen LogP contribution in [0.15, 0.2) is 53.9 Å². The second kappa shape index (κ2) is 10.5. The first kappa shape index (κ1) is 21.4. The average molecular weight is 425 g/mol. The van der Waals surface area contributed by atoms with E-state index in [2.05, 4.69) is 17.2 Å². The topological polar surface area (TPSA) is 69.7 Å². The van der Waals surface area contributed by atoms with E-state index in [1.807, 2.05) is 47.8 Å². The van der Waals surface area contributed by atoms with Crippen LogP contribution < -0.4 is 19.5 Å². The summed E-state index contributed by atoms with van der Waals surface area (Å²) in [5.41, 5.74) is 2.35. The highest BCUT2D eigenvalue weighted by Crippen LogP contribution is 2.35. The number of rotatable bonds is 9. The summed E-state index contributed by atoms with van der Waals surface area (Å²) in [6, 6.07) is 13.1. The summed E-state index contributed by atoms with van der Waals surface area (Å²) in [5, 5.41) is 5.17. The standard InChI is InChI=1S/C23H24N2O4S/c1-4-13-29-20-8-6-5-7-16(20)9-12-22(26)25-23-24-19(15-30-23)18-14-17(27-2)10-11-21(18)28-3/h5-12,14-15H,4,13H2,1-3H3,(H,24,25,26)/b12-9+. The van der Waals surface area contributed by atoms with Gasteiger partial charge in [0.15, 0.2) is 5.13 Å². The van der Waals surface area contributed by atoms with Gasteiger partial charge >= 0.3 is 0 Å². The maximum absolute atomic E-state index is 12.4. The van der Waals surface area contributed by atoms with Crippen molar-refractivity contribution in [2.45, 2.75) is 13.3 Å². The van der Waals surface area contributed by atoms with E-state index < -0.39 is 0 Å². The molecule has 3 aromatic rings. The molecule has 156 valence electrons. The number of carbonyl (C=O) groups is 1. The summed E-state index contributed by atoms with van der Waals surface area (Å²) in [6.45, 7) is 2.68. The van der Waals surface area contributed by atoms with E-state index in [-0.39, 0.29) is 5.91 Å². The molecule has 0 aliphatic heterocycles. The first-order chi connectivity index (χ1) is 14.6. The molecule has 0 saturated carbocycles. The van der Waals surface area contributed by atoms with Crippen molar-refractivity contribution < 1.29 is 19.0 Å². The van der Waals surface area contributed by atoms with Crippen LogP contribution in [0.4, 0.5) is 5.13 Å². The van der Waals surface area contributed by atoms with Gasteiger partial charge in [0.05, 0.1) is 26.5 Å². The number of para-hydroxylation sites is 1. The Labute approximate surface area is 180 Å². The van der Waals surface area contributed by atoms with Gasteiger partial charge in [-0.25, -0.2) is 4.98 Å². The number of ether oxygens (including phenoxy) is 3. The lowest BCUT2D eigenvalue weighted by Gasteiger charge is -2.08. The summed E-state index contributed by atoms with van der Waals surface area (Å²) >= 11 is 1.34. The van der Waals surface area contributed by atoms with Gasteiger partial charge in [-0.05, 0) is 36.8 Å². The second-order valence-corrected chi connectivity index (χ2v) is 7.17. The third-order valence-corrected chi connectivity index (χ3v) is 4.97. The minimum Gasteiger partial charge on any atom is -0.497 e. The average Bonchev–Trinajstić information content (AvgIpc) is 3.24. The minimum atomic E-state index is -0.265. The van der Waals surface area contributed by atoms with Crippen molar-refractivity contribution in [3.63, 3.8) is 0 Å². The summed E-state index contributed by atoms with van der Waals surface area (Å²) in [7, 11) is 3.21. The molecule has 1 N–H and O–H groups in total. The van der Waals surface area contributed by atoms with Crippen molar-refractivity contribution in [3.05, 3.63) is 59.5 Å². The Morgan fingerprint density at radius 3 is 2.73 bits per heavy atom. The van der Waals surface area contributed by atoms with Crippen molar-refractivity contribution in [3.8, 4) is 28.5 Å². The molecule has 0 unspecified atom stereocenters. The Balaban J connectivity index is 1.71. The molecular weight excluding hydrogens is 400 g/mol. The fraction of sp³-hybridized carbons (Fsp3) is 0.217. The molecule has 0 aliphatic carbocycles. The van der Waals surface area contributed by atoms with Crippen LogP contribution in [-0.4, -0.2) is 31.7 Å². The number of anilines is 1. The highest BCUT2D eigenvalue weighted by molar-refractivity contribution is 7.14. The fourth-order valence-corrected chi connectivity index (χ4v) is 3.46. The number of amides is 1. The van der Waals surface area contributed by atoms with Gasteiger partial charge in [0.1, 0.15) is 17.2 Å². The predicted molar refractivity (Wildman–Crippen MR) is 121 cm³/mol. The van der Waals surface area contributed by atoms with E-state index in [0.29, 0.717) is 28.9 Å². The molecule has 7 heteroatoms. The van der Waals surface area contributed by atoms with Gasteiger partial charge in [-0.2, -0.15) is 0 Å². The van der Waals surface area contributed by atoms with Gasteiger partial charge in [-0.3, -0.25) is 10.1 Å². The van der Waals surface area contributed by atoms with Crippen molar-refractivity contribution in [1.82, 2.24) is 4.98 Å². The quantitative estimate of drug-likeness (QED) is 0.474. The number of benzene rings is 2. The maximum atomic E-state index is 12.4. The largest absolute Gasteiger partial charge is 0.497 e. The Morgan fingerprint density at radius 2 is 1.97 bits per heavy atom. The lowest BCUT2D eigenvalue weighted by Crippen LogP contribution is -2.07. The summed E-state index contributed by atoms with van der Waals surface area (Å²) in [5.74, 6) is 1.88. The molecule has 0 atom stereocenters. The van der Waals surface area contributed by atoms with Crippen LogP contribution in [0.2, 0.25) is 0 Å². The third kappa shape index (κ3) is 5.39. The molecule has 0 saturated heterocycles.